The maximum Gasteiger partial charge on any atom is 0.258 e. The van der Waals surface area contributed by atoms with Gasteiger partial charge in [0.25, 0.3) is 5.91 Å². The van der Waals surface area contributed by atoms with Gasteiger partial charge >= 0.3 is 0 Å². The second kappa shape index (κ2) is 5.35. The molecule has 0 unspecified atom stereocenters. The van der Waals surface area contributed by atoms with Gasteiger partial charge in [-0.1, -0.05) is 6.07 Å². The van der Waals surface area contributed by atoms with Crippen molar-refractivity contribution in [3.63, 3.8) is 0 Å². The number of rotatable bonds is 3. The van der Waals surface area contributed by atoms with Crippen molar-refractivity contribution in [2.24, 2.45) is 5.92 Å². The van der Waals surface area contributed by atoms with Crippen LogP contribution in [-0.4, -0.2) is 30.3 Å². The molecule has 0 radical (unpaired) electrons. The van der Waals surface area contributed by atoms with E-state index in [2.05, 4.69) is 5.32 Å². The summed E-state index contributed by atoms with van der Waals surface area (Å²) in [6.45, 7) is 3.15. The summed E-state index contributed by atoms with van der Waals surface area (Å²) in [4.78, 5) is 11.9. The Morgan fingerprint density at radius 2 is 2.39 bits per heavy atom. The normalized spacial score (nSPS) is 20.7. The van der Waals surface area contributed by atoms with Crippen molar-refractivity contribution in [2.45, 2.75) is 19.4 Å². The number of hydrogen-bond donors (Lipinski definition) is 2. The van der Waals surface area contributed by atoms with Gasteiger partial charge in [-0.25, -0.2) is 4.39 Å². The van der Waals surface area contributed by atoms with Gasteiger partial charge in [0.1, 0.15) is 17.1 Å². The molecule has 1 fully saturated rings. The predicted octanol–water partition coefficient (Wildman–Crippen LogP) is 1.69. The van der Waals surface area contributed by atoms with Crippen LogP contribution in [0.4, 0.5) is 4.39 Å². The quantitative estimate of drug-likeness (QED) is 0.861. The van der Waals surface area contributed by atoms with Gasteiger partial charge in [0.15, 0.2) is 0 Å². The number of benzene rings is 1. The molecule has 1 aromatic rings. The molecule has 2 N–H and O–H groups in total. The zero-order valence-electron chi connectivity index (χ0n) is 10.1. The average molecular weight is 253 g/mol. The van der Waals surface area contributed by atoms with Crippen molar-refractivity contribution >= 4 is 5.91 Å². The van der Waals surface area contributed by atoms with Crippen LogP contribution in [0.2, 0.25) is 0 Å². The first-order chi connectivity index (χ1) is 8.59. The number of carbonyl (C=O) groups excluding carboxylic acids is 1. The topological polar surface area (TPSA) is 58.6 Å². The van der Waals surface area contributed by atoms with E-state index in [9.17, 15) is 14.3 Å². The fourth-order valence-corrected chi connectivity index (χ4v) is 2.08. The van der Waals surface area contributed by atoms with Crippen LogP contribution in [0, 0.1) is 11.7 Å². The number of nitrogens with one attached hydrogen (secondary N) is 1. The van der Waals surface area contributed by atoms with Gasteiger partial charge in [0.05, 0.1) is 6.61 Å². The molecule has 1 aromatic carbocycles. The molecule has 0 saturated carbocycles. The molecule has 1 aliphatic heterocycles. The minimum absolute atomic E-state index is 0.112. The Bertz CT molecular complexity index is 424. The minimum Gasteiger partial charge on any atom is -0.507 e. The first-order valence-electron chi connectivity index (χ1n) is 5.95. The number of phenolic OH excluding ortho intramolecular Hbond substituents is 1. The summed E-state index contributed by atoms with van der Waals surface area (Å²) in [5, 5.41) is 12.2. The van der Waals surface area contributed by atoms with Crippen molar-refractivity contribution in [3.05, 3.63) is 29.6 Å². The van der Waals surface area contributed by atoms with E-state index in [0.29, 0.717) is 13.2 Å². The van der Waals surface area contributed by atoms with Gasteiger partial charge in [-0.2, -0.15) is 0 Å². The summed E-state index contributed by atoms with van der Waals surface area (Å²) >= 11 is 0. The number of hydrogen-bond acceptors (Lipinski definition) is 3. The van der Waals surface area contributed by atoms with Crippen molar-refractivity contribution in [1.29, 1.82) is 0 Å². The van der Waals surface area contributed by atoms with Crippen LogP contribution in [0.3, 0.4) is 0 Å². The fraction of sp³-hybridized carbons (Fsp3) is 0.462. The Hall–Kier alpha value is -1.62. The molecule has 0 spiro atoms. The molecule has 2 rings (SSSR count). The molecule has 0 aromatic heterocycles. The van der Waals surface area contributed by atoms with Crippen molar-refractivity contribution in [2.75, 3.05) is 13.2 Å². The van der Waals surface area contributed by atoms with Crippen LogP contribution in [0.25, 0.3) is 0 Å². The van der Waals surface area contributed by atoms with E-state index in [1.807, 2.05) is 6.92 Å². The Labute approximate surface area is 105 Å². The number of amides is 1. The number of halogens is 1. The Morgan fingerprint density at radius 1 is 1.61 bits per heavy atom. The van der Waals surface area contributed by atoms with E-state index >= 15 is 0 Å². The number of phenols is 1. The molecule has 2 atom stereocenters. The van der Waals surface area contributed by atoms with Crippen molar-refractivity contribution in [3.8, 4) is 5.75 Å². The molecule has 18 heavy (non-hydrogen) atoms. The van der Waals surface area contributed by atoms with Gasteiger partial charge in [0.2, 0.25) is 0 Å². The summed E-state index contributed by atoms with van der Waals surface area (Å²) in [6.07, 6.45) is 0.880. The van der Waals surface area contributed by atoms with E-state index in [4.69, 9.17) is 4.74 Å². The van der Waals surface area contributed by atoms with Crippen LogP contribution in [-0.2, 0) is 4.74 Å². The monoisotopic (exact) mass is 253 g/mol. The highest BCUT2D eigenvalue weighted by Gasteiger charge is 2.25. The Morgan fingerprint density at radius 3 is 3.00 bits per heavy atom. The van der Waals surface area contributed by atoms with E-state index in [1.165, 1.54) is 12.1 Å². The highest BCUT2D eigenvalue weighted by atomic mass is 19.1. The van der Waals surface area contributed by atoms with Gasteiger partial charge in [-0.15, -0.1) is 0 Å². The highest BCUT2D eigenvalue weighted by molar-refractivity contribution is 5.97. The third-order valence-electron chi connectivity index (χ3n) is 3.25. The SMILES string of the molecule is C[C@H](NC(=O)c1c(O)cccc1F)[C@H]1CCOC1. The number of carbonyl (C=O) groups is 1. The zero-order chi connectivity index (χ0) is 13.1. The van der Waals surface area contributed by atoms with Gasteiger partial charge < -0.3 is 15.2 Å². The fourth-order valence-electron chi connectivity index (χ4n) is 2.08. The molecule has 4 nitrogen and oxygen atoms in total. The lowest BCUT2D eigenvalue weighted by molar-refractivity contribution is 0.0915. The molecule has 0 bridgehead atoms. The standard InChI is InChI=1S/C13H16FNO3/c1-8(9-5-6-18-7-9)15-13(17)12-10(14)3-2-4-11(12)16/h2-4,8-9,16H,5-7H2,1H3,(H,15,17)/t8-,9-/m0/s1. The molecule has 1 heterocycles. The summed E-state index contributed by atoms with van der Waals surface area (Å²) in [6, 6.07) is 3.69. The lowest BCUT2D eigenvalue weighted by Gasteiger charge is -2.19. The molecule has 0 aliphatic carbocycles. The minimum atomic E-state index is -0.720. The van der Waals surface area contributed by atoms with Crippen LogP contribution in [0.1, 0.15) is 23.7 Å². The first kappa shape index (κ1) is 12.8. The number of ether oxygens (including phenoxy) is 1. The molecule has 1 aliphatic rings. The van der Waals surface area contributed by atoms with E-state index in [1.54, 1.807) is 0 Å². The summed E-state index contributed by atoms with van der Waals surface area (Å²) in [7, 11) is 0. The smallest absolute Gasteiger partial charge is 0.258 e. The van der Waals surface area contributed by atoms with E-state index in [-0.39, 0.29) is 23.3 Å². The summed E-state index contributed by atoms with van der Waals surface area (Å²) < 4.78 is 18.7. The Balaban J connectivity index is 2.07. The number of aromatic hydroxyl groups is 1. The van der Waals surface area contributed by atoms with Crippen molar-refractivity contribution < 1.29 is 19.0 Å². The summed E-state index contributed by atoms with van der Waals surface area (Å²) in [5.74, 6) is -1.42. The van der Waals surface area contributed by atoms with E-state index in [0.717, 1.165) is 12.5 Å². The third kappa shape index (κ3) is 2.61. The first-order valence-corrected chi connectivity index (χ1v) is 5.95. The molecular formula is C13H16FNO3. The van der Waals surface area contributed by atoms with Crippen LogP contribution in [0.15, 0.2) is 18.2 Å². The average Bonchev–Trinajstić information content (AvgIpc) is 2.81. The van der Waals surface area contributed by atoms with Crippen molar-refractivity contribution in [1.82, 2.24) is 5.32 Å². The predicted molar refractivity (Wildman–Crippen MR) is 63.9 cm³/mol. The zero-order valence-corrected chi connectivity index (χ0v) is 10.1. The lowest BCUT2D eigenvalue weighted by Crippen LogP contribution is -2.38. The highest BCUT2D eigenvalue weighted by Crippen LogP contribution is 2.21. The molecule has 1 amide bonds. The maximum atomic E-state index is 13.5. The van der Waals surface area contributed by atoms with Gasteiger partial charge in [0, 0.05) is 18.6 Å². The lowest BCUT2D eigenvalue weighted by atomic mass is 10.0. The molecule has 98 valence electrons. The third-order valence-corrected chi connectivity index (χ3v) is 3.25. The largest absolute Gasteiger partial charge is 0.507 e. The van der Waals surface area contributed by atoms with Crippen LogP contribution < -0.4 is 5.32 Å². The van der Waals surface area contributed by atoms with Crippen LogP contribution in [0.5, 0.6) is 5.75 Å². The molecule has 1 saturated heterocycles. The molecule has 5 heteroatoms. The van der Waals surface area contributed by atoms with Gasteiger partial charge in [-0.3, -0.25) is 4.79 Å². The van der Waals surface area contributed by atoms with Gasteiger partial charge in [-0.05, 0) is 25.5 Å². The maximum absolute atomic E-state index is 13.5. The second-order valence-corrected chi connectivity index (χ2v) is 4.52. The summed E-state index contributed by atoms with van der Waals surface area (Å²) in [5.41, 5.74) is -0.303. The van der Waals surface area contributed by atoms with E-state index < -0.39 is 11.7 Å². The molecular weight excluding hydrogens is 237 g/mol. The van der Waals surface area contributed by atoms with Crippen LogP contribution >= 0.6 is 0 Å². The second-order valence-electron chi connectivity index (χ2n) is 4.52. The Kier molecular flexibility index (Phi) is 3.81.